The van der Waals surface area contributed by atoms with Crippen molar-refractivity contribution < 1.29 is 4.79 Å². The Kier molecular flexibility index (Phi) is 3.30. The summed E-state index contributed by atoms with van der Waals surface area (Å²) < 4.78 is 3.61. The zero-order valence-corrected chi connectivity index (χ0v) is 11.6. The summed E-state index contributed by atoms with van der Waals surface area (Å²) in [6.45, 7) is 3.43. The number of nitrogens with zero attached hydrogens (tertiary/aromatic N) is 4. The molecule has 0 unspecified atom stereocenters. The Morgan fingerprint density at radius 3 is 2.65 bits per heavy atom. The second-order valence-electron chi connectivity index (χ2n) is 5.58. The molecule has 20 heavy (non-hydrogen) atoms. The molecule has 1 fully saturated rings. The van der Waals surface area contributed by atoms with Crippen LogP contribution in [0.3, 0.4) is 0 Å². The zero-order chi connectivity index (χ0) is 14.0. The molecule has 1 saturated carbocycles. The van der Waals surface area contributed by atoms with Gasteiger partial charge in [0.05, 0.1) is 0 Å². The second kappa shape index (κ2) is 5.11. The van der Waals surface area contributed by atoms with E-state index in [4.69, 9.17) is 0 Å². The third kappa shape index (κ3) is 2.74. The molecular weight excluding hydrogens is 254 g/mol. The fourth-order valence-electron chi connectivity index (χ4n) is 2.36. The Labute approximate surface area is 117 Å². The number of aromatic nitrogens is 4. The molecule has 1 aliphatic rings. The van der Waals surface area contributed by atoms with Gasteiger partial charge in [-0.1, -0.05) is 0 Å². The number of nitrogens with one attached hydrogen (secondary N) is 1. The van der Waals surface area contributed by atoms with Gasteiger partial charge in [0, 0.05) is 43.3 Å². The van der Waals surface area contributed by atoms with E-state index < -0.39 is 0 Å². The van der Waals surface area contributed by atoms with E-state index in [0.29, 0.717) is 6.54 Å². The van der Waals surface area contributed by atoms with E-state index in [1.54, 1.807) is 23.3 Å². The van der Waals surface area contributed by atoms with Crippen LogP contribution in [0, 0.1) is 5.41 Å². The van der Waals surface area contributed by atoms with Crippen LogP contribution in [0.1, 0.15) is 25.8 Å². The summed E-state index contributed by atoms with van der Waals surface area (Å²) in [6.07, 6.45) is 9.53. The highest BCUT2D eigenvalue weighted by molar-refractivity contribution is 5.79. The first-order chi connectivity index (χ1) is 9.69. The molecule has 106 valence electrons. The fourth-order valence-corrected chi connectivity index (χ4v) is 2.36. The van der Waals surface area contributed by atoms with E-state index >= 15 is 0 Å². The Morgan fingerprint density at radius 2 is 2.05 bits per heavy atom. The van der Waals surface area contributed by atoms with Crippen LogP contribution in [0.4, 0.5) is 0 Å². The number of carbonyl (C=O) groups excluding carboxylic acids is 1. The van der Waals surface area contributed by atoms with Gasteiger partial charge in [-0.3, -0.25) is 14.2 Å². The average Bonchev–Trinajstić information content (AvgIpc) is 2.91. The first-order valence-corrected chi connectivity index (χ1v) is 6.93. The quantitative estimate of drug-likeness (QED) is 0.861. The van der Waals surface area contributed by atoms with Gasteiger partial charge >= 0.3 is 0 Å². The largest absolute Gasteiger partial charge is 0.354 e. The predicted octanol–water partition coefficient (Wildman–Crippen LogP) is 1.24. The summed E-state index contributed by atoms with van der Waals surface area (Å²) in [5.41, 5.74) is 0.186. The summed E-state index contributed by atoms with van der Waals surface area (Å²) in [7, 11) is 0. The van der Waals surface area contributed by atoms with Crippen molar-refractivity contribution in [3.63, 3.8) is 0 Å². The van der Waals surface area contributed by atoms with Crippen LogP contribution in [0.15, 0.2) is 36.9 Å². The lowest BCUT2D eigenvalue weighted by Crippen LogP contribution is -2.36. The van der Waals surface area contributed by atoms with Crippen LogP contribution < -0.4 is 5.32 Å². The Balaban J connectivity index is 1.53. The monoisotopic (exact) mass is 273 g/mol. The lowest BCUT2D eigenvalue weighted by atomic mass is 10.1. The van der Waals surface area contributed by atoms with Gasteiger partial charge in [0.2, 0.25) is 5.91 Å². The maximum absolute atomic E-state index is 12.1. The number of hydrogen-bond acceptors (Lipinski definition) is 3. The molecule has 2 aromatic rings. The van der Waals surface area contributed by atoms with Crippen LogP contribution in [-0.2, 0) is 11.3 Å². The van der Waals surface area contributed by atoms with Crippen molar-refractivity contribution in [1.29, 1.82) is 0 Å². The molecule has 6 nitrogen and oxygen atoms in total. The first kappa shape index (κ1) is 12.9. The molecule has 0 aliphatic heterocycles. The molecule has 1 aliphatic carbocycles. The molecule has 1 amide bonds. The predicted molar refractivity (Wildman–Crippen MR) is 73.8 cm³/mol. The lowest BCUT2D eigenvalue weighted by Gasteiger charge is -2.18. The molecule has 6 heteroatoms. The van der Waals surface area contributed by atoms with Crippen molar-refractivity contribution in [2.45, 2.75) is 32.4 Å². The molecule has 0 saturated heterocycles. The van der Waals surface area contributed by atoms with Crippen molar-refractivity contribution >= 4 is 5.91 Å². The summed E-state index contributed by atoms with van der Waals surface area (Å²) >= 11 is 0. The van der Waals surface area contributed by atoms with Crippen LogP contribution in [0.25, 0.3) is 0 Å². The minimum absolute atomic E-state index is 0.0143. The maximum atomic E-state index is 12.1. The lowest BCUT2D eigenvalue weighted by molar-refractivity contribution is -0.124. The first-order valence-electron chi connectivity index (χ1n) is 6.93. The average molecular weight is 273 g/mol. The Bertz CT molecular complexity index is 556. The molecular formula is C14H19N5O. The van der Waals surface area contributed by atoms with Gasteiger partial charge in [-0.15, -0.1) is 0 Å². The van der Waals surface area contributed by atoms with Crippen molar-refractivity contribution in [2.24, 2.45) is 5.41 Å². The summed E-state index contributed by atoms with van der Waals surface area (Å²) in [5, 5.41) is 11.4. The Hall–Kier alpha value is -2.11. The zero-order valence-electron chi connectivity index (χ0n) is 11.6. The van der Waals surface area contributed by atoms with E-state index in [0.717, 1.165) is 19.4 Å². The normalized spacial score (nSPS) is 17.6. The summed E-state index contributed by atoms with van der Waals surface area (Å²) in [6, 6.07) is 3.48. The fraction of sp³-hybridized carbons (Fsp3) is 0.500. The molecule has 1 atom stereocenters. The van der Waals surface area contributed by atoms with E-state index in [2.05, 4.69) is 15.5 Å². The summed E-state index contributed by atoms with van der Waals surface area (Å²) in [5.74, 6) is 0.0143. The van der Waals surface area contributed by atoms with Gasteiger partial charge in [-0.05, 0) is 31.9 Å². The molecule has 0 bridgehead atoms. The SMILES string of the molecule is C[C@H](C(=O)NCC1(Cn2cccn2)CC1)n1cccn1. The van der Waals surface area contributed by atoms with Gasteiger partial charge in [0.1, 0.15) is 6.04 Å². The highest BCUT2D eigenvalue weighted by Crippen LogP contribution is 2.46. The van der Waals surface area contributed by atoms with Crippen LogP contribution in [-0.4, -0.2) is 32.0 Å². The molecule has 2 heterocycles. The molecule has 1 N–H and O–H groups in total. The minimum atomic E-state index is -0.273. The number of amides is 1. The smallest absolute Gasteiger partial charge is 0.244 e. The summed E-state index contributed by atoms with van der Waals surface area (Å²) in [4.78, 5) is 12.1. The van der Waals surface area contributed by atoms with E-state index in [1.165, 1.54) is 0 Å². The van der Waals surface area contributed by atoms with Gasteiger partial charge in [0.15, 0.2) is 0 Å². The number of carbonyl (C=O) groups is 1. The van der Waals surface area contributed by atoms with E-state index in [9.17, 15) is 4.79 Å². The third-order valence-electron chi connectivity index (χ3n) is 3.95. The molecule has 0 spiro atoms. The van der Waals surface area contributed by atoms with Gasteiger partial charge in [0.25, 0.3) is 0 Å². The molecule has 3 rings (SSSR count). The van der Waals surface area contributed by atoms with Crippen LogP contribution in [0.5, 0.6) is 0 Å². The molecule has 0 aromatic carbocycles. The van der Waals surface area contributed by atoms with E-state index in [-0.39, 0.29) is 17.4 Å². The van der Waals surface area contributed by atoms with E-state index in [1.807, 2.05) is 29.9 Å². The van der Waals surface area contributed by atoms with Gasteiger partial charge < -0.3 is 5.32 Å². The Morgan fingerprint density at radius 1 is 1.30 bits per heavy atom. The standard InChI is InChI=1S/C14H19N5O/c1-12(19-9-3-7-17-19)13(20)15-10-14(4-5-14)11-18-8-2-6-16-18/h2-3,6-9,12H,4-5,10-11H2,1H3,(H,15,20)/t12-/m1/s1. The maximum Gasteiger partial charge on any atom is 0.244 e. The molecule has 2 aromatic heterocycles. The van der Waals surface area contributed by atoms with Crippen LogP contribution >= 0.6 is 0 Å². The number of rotatable bonds is 6. The minimum Gasteiger partial charge on any atom is -0.354 e. The second-order valence-corrected chi connectivity index (χ2v) is 5.58. The number of hydrogen-bond donors (Lipinski definition) is 1. The van der Waals surface area contributed by atoms with Crippen molar-refractivity contribution in [3.8, 4) is 0 Å². The molecule has 0 radical (unpaired) electrons. The topological polar surface area (TPSA) is 64.7 Å². The van der Waals surface area contributed by atoms with Crippen LogP contribution in [0.2, 0.25) is 0 Å². The third-order valence-corrected chi connectivity index (χ3v) is 3.95. The van der Waals surface area contributed by atoms with Gasteiger partial charge in [-0.2, -0.15) is 10.2 Å². The van der Waals surface area contributed by atoms with Gasteiger partial charge in [-0.25, -0.2) is 0 Å². The van der Waals surface area contributed by atoms with Crippen molar-refractivity contribution in [3.05, 3.63) is 36.9 Å². The highest BCUT2D eigenvalue weighted by Gasteiger charge is 2.43. The highest BCUT2D eigenvalue weighted by atomic mass is 16.2. The van der Waals surface area contributed by atoms with Crippen molar-refractivity contribution in [1.82, 2.24) is 24.9 Å². The van der Waals surface area contributed by atoms with Crippen molar-refractivity contribution in [2.75, 3.05) is 6.54 Å².